The van der Waals surface area contributed by atoms with Gasteiger partial charge in [-0.05, 0) is 0 Å². The number of aliphatic hydroxyl groups excluding tert-OH is 7. The van der Waals surface area contributed by atoms with Gasteiger partial charge in [0.2, 0.25) is 0 Å². The van der Waals surface area contributed by atoms with Crippen LogP contribution in [0.4, 0.5) is 0 Å². The highest BCUT2D eigenvalue weighted by Crippen LogP contribution is 2.37. The van der Waals surface area contributed by atoms with E-state index in [0.29, 0.717) is 0 Å². The van der Waals surface area contributed by atoms with E-state index >= 15 is 0 Å². The van der Waals surface area contributed by atoms with E-state index in [0.717, 1.165) is 11.8 Å². The summed E-state index contributed by atoms with van der Waals surface area (Å²) in [5.74, 6) is 0. The number of hydrogen-bond donors (Lipinski definition) is 8. The smallest absolute Gasteiger partial charge is 0.183 e. The maximum Gasteiger partial charge on any atom is 0.183 e. The molecule has 2 aliphatic heterocycles. The Labute approximate surface area is 140 Å². The third-order valence-electron chi connectivity index (χ3n) is 4.07. The fraction of sp³-hybridized carbons (Fsp3) is 1.00. The number of rotatable bonds is 5. The lowest BCUT2D eigenvalue weighted by atomic mass is 10.0. The Morgan fingerprint density at radius 1 is 0.792 bits per heavy atom. The van der Waals surface area contributed by atoms with Crippen molar-refractivity contribution in [2.45, 2.75) is 59.7 Å². The van der Waals surface area contributed by atoms with Crippen LogP contribution in [0.1, 0.15) is 0 Å². The molecule has 2 fully saturated rings. The second-order valence-electron chi connectivity index (χ2n) is 5.61. The van der Waals surface area contributed by atoms with E-state index in [9.17, 15) is 35.7 Å². The van der Waals surface area contributed by atoms with Crippen LogP contribution in [0.15, 0.2) is 0 Å². The second-order valence-corrected chi connectivity index (χ2v) is 6.89. The fourth-order valence-electron chi connectivity index (χ4n) is 2.69. The molecule has 0 saturated carbocycles. The molecular formula is C12H22O11S. The fourth-order valence-corrected chi connectivity index (χ4v) is 4.17. The zero-order chi connectivity index (χ0) is 18.0. The molecule has 0 unspecified atom stereocenters. The van der Waals surface area contributed by atoms with Gasteiger partial charge in [0.05, 0.1) is 30.7 Å². The topological polar surface area (TPSA) is 190 Å². The lowest BCUT2D eigenvalue weighted by Crippen LogP contribution is -2.61. The van der Waals surface area contributed by atoms with E-state index in [-0.39, 0.29) is 0 Å². The van der Waals surface area contributed by atoms with Gasteiger partial charge < -0.3 is 45.2 Å². The van der Waals surface area contributed by atoms with Gasteiger partial charge in [-0.15, -0.1) is 11.8 Å². The van der Waals surface area contributed by atoms with Crippen molar-refractivity contribution in [3.63, 3.8) is 0 Å². The molecule has 12 heteroatoms. The first-order valence-corrected chi connectivity index (χ1v) is 8.18. The number of thioether (sulfide) groups is 1. The number of hydrogen-bond acceptors (Lipinski definition) is 12. The van der Waals surface area contributed by atoms with Gasteiger partial charge in [-0.3, -0.25) is 5.26 Å². The van der Waals surface area contributed by atoms with E-state index in [1.165, 1.54) is 0 Å². The van der Waals surface area contributed by atoms with Gasteiger partial charge in [0.25, 0.3) is 0 Å². The first-order valence-electron chi connectivity index (χ1n) is 7.24. The molecule has 0 amide bonds. The molecule has 0 aromatic carbocycles. The summed E-state index contributed by atoms with van der Waals surface area (Å²) in [5, 5.41) is 75.6. The Kier molecular flexibility index (Phi) is 7.19. The minimum Gasteiger partial charge on any atom is -0.394 e. The third-order valence-corrected chi connectivity index (χ3v) is 5.63. The highest BCUT2D eigenvalue weighted by Gasteiger charge is 2.50. The summed E-state index contributed by atoms with van der Waals surface area (Å²) in [6.07, 6.45) is -11.6. The van der Waals surface area contributed by atoms with Gasteiger partial charge in [0.1, 0.15) is 36.0 Å². The monoisotopic (exact) mass is 374 g/mol. The van der Waals surface area contributed by atoms with Crippen LogP contribution in [0.5, 0.6) is 0 Å². The molecule has 2 saturated heterocycles. The van der Waals surface area contributed by atoms with Crippen LogP contribution >= 0.6 is 11.8 Å². The van der Waals surface area contributed by atoms with E-state index in [1.54, 1.807) is 0 Å². The molecule has 2 heterocycles. The second kappa shape index (κ2) is 8.53. The van der Waals surface area contributed by atoms with Crippen molar-refractivity contribution in [3.8, 4) is 0 Å². The normalized spacial score (nSPS) is 50.0. The molecule has 142 valence electrons. The standard InChI is InChI=1S/C12H22O11S/c13-1-3-9(23-20)5(15)8(18)12(22-3)24-10-4(2-14)21-11(19)7(17)6(10)16/h3-20H,1-2H2/t3-,4-,5-,6-,7-,8-,9-,10-,11-,12+/m1/s1. The van der Waals surface area contributed by atoms with Crippen LogP contribution < -0.4 is 0 Å². The number of aliphatic hydroxyl groups is 7. The van der Waals surface area contributed by atoms with Crippen molar-refractivity contribution < 1.29 is 55.4 Å². The largest absolute Gasteiger partial charge is 0.394 e. The zero-order valence-electron chi connectivity index (χ0n) is 12.4. The zero-order valence-corrected chi connectivity index (χ0v) is 13.2. The maximum absolute atomic E-state index is 10.1. The summed E-state index contributed by atoms with van der Waals surface area (Å²) >= 11 is 0.745. The Balaban J connectivity index is 2.12. The summed E-state index contributed by atoms with van der Waals surface area (Å²) < 4.78 is 10.3. The quantitative estimate of drug-likeness (QED) is 0.171. The molecule has 0 radical (unpaired) electrons. The van der Waals surface area contributed by atoms with Crippen molar-refractivity contribution in [3.05, 3.63) is 0 Å². The van der Waals surface area contributed by atoms with Crippen LogP contribution in [0.3, 0.4) is 0 Å². The molecule has 0 spiro atoms. The molecule has 0 aromatic heterocycles. The lowest BCUT2D eigenvalue weighted by Gasteiger charge is -2.45. The van der Waals surface area contributed by atoms with E-state index in [4.69, 9.17) is 14.7 Å². The molecule has 8 N–H and O–H groups in total. The molecule has 10 atom stereocenters. The molecule has 0 aromatic rings. The molecule has 2 aliphatic rings. The van der Waals surface area contributed by atoms with E-state index < -0.39 is 72.9 Å². The Morgan fingerprint density at radius 3 is 1.96 bits per heavy atom. The number of ether oxygens (including phenoxy) is 2. The molecule has 11 nitrogen and oxygen atoms in total. The third kappa shape index (κ3) is 3.85. The summed E-state index contributed by atoms with van der Waals surface area (Å²) in [5.41, 5.74) is -1.19. The summed E-state index contributed by atoms with van der Waals surface area (Å²) in [4.78, 5) is 4.02. The summed E-state index contributed by atoms with van der Waals surface area (Å²) in [6.45, 7) is -1.21. The van der Waals surface area contributed by atoms with Gasteiger partial charge in [0.15, 0.2) is 6.29 Å². The van der Waals surface area contributed by atoms with Crippen molar-refractivity contribution in [1.82, 2.24) is 0 Å². The Morgan fingerprint density at radius 2 is 1.42 bits per heavy atom. The molecule has 2 rings (SSSR count). The Hall–Kier alpha value is -0.0900. The van der Waals surface area contributed by atoms with Crippen molar-refractivity contribution >= 4 is 11.8 Å². The van der Waals surface area contributed by atoms with Crippen molar-refractivity contribution in [1.29, 1.82) is 0 Å². The molecular weight excluding hydrogens is 352 g/mol. The van der Waals surface area contributed by atoms with Gasteiger partial charge >= 0.3 is 0 Å². The average molecular weight is 374 g/mol. The highest BCUT2D eigenvalue weighted by atomic mass is 32.2. The van der Waals surface area contributed by atoms with Gasteiger partial charge in [-0.25, -0.2) is 4.89 Å². The van der Waals surface area contributed by atoms with E-state index in [1.807, 2.05) is 0 Å². The van der Waals surface area contributed by atoms with E-state index in [2.05, 4.69) is 4.89 Å². The van der Waals surface area contributed by atoms with Crippen molar-refractivity contribution in [2.75, 3.05) is 13.2 Å². The van der Waals surface area contributed by atoms with Crippen molar-refractivity contribution in [2.24, 2.45) is 0 Å². The predicted molar refractivity (Wildman–Crippen MR) is 76.6 cm³/mol. The molecule has 0 aliphatic carbocycles. The summed E-state index contributed by atoms with van der Waals surface area (Å²) in [7, 11) is 0. The summed E-state index contributed by atoms with van der Waals surface area (Å²) in [6, 6.07) is 0. The van der Waals surface area contributed by atoms with Crippen LogP contribution in [-0.2, 0) is 14.4 Å². The molecule has 0 bridgehead atoms. The Bertz CT molecular complexity index is 397. The molecule has 24 heavy (non-hydrogen) atoms. The minimum atomic E-state index is -1.69. The predicted octanol–water partition coefficient (Wildman–Crippen LogP) is -4.18. The maximum atomic E-state index is 10.1. The van der Waals surface area contributed by atoms with Gasteiger partial charge in [-0.2, -0.15) is 0 Å². The van der Waals surface area contributed by atoms with Crippen LogP contribution in [0.2, 0.25) is 0 Å². The lowest BCUT2D eigenvalue weighted by molar-refractivity contribution is -0.346. The van der Waals surface area contributed by atoms with Crippen LogP contribution in [-0.4, -0.2) is 114 Å². The minimum absolute atomic E-state index is 0.588. The highest BCUT2D eigenvalue weighted by molar-refractivity contribution is 8.00. The van der Waals surface area contributed by atoms with Crippen LogP contribution in [0.25, 0.3) is 0 Å². The SMILES string of the molecule is OC[C@H]1O[C@@H](S[C@H]2[C@H](O)[C@@H](O)[C@H](O)O[C@@H]2CO)[C@H](O)[C@@H](O)[C@@H]1OO. The first-order chi connectivity index (χ1) is 11.3. The van der Waals surface area contributed by atoms with Gasteiger partial charge in [0, 0.05) is 0 Å². The average Bonchev–Trinajstić information content (AvgIpc) is 2.58. The first kappa shape index (κ1) is 20.2. The van der Waals surface area contributed by atoms with Crippen LogP contribution in [0, 0.1) is 0 Å². The van der Waals surface area contributed by atoms with Gasteiger partial charge in [-0.1, -0.05) is 0 Å².